The van der Waals surface area contributed by atoms with Crippen LogP contribution in [0.3, 0.4) is 0 Å². The number of nitrogens with zero attached hydrogens (tertiary/aromatic N) is 1. The number of piperidine rings is 1. The Bertz CT molecular complexity index is 496. The number of carbonyl (C=O) groups is 2. The lowest BCUT2D eigenvalue weighted by atomic mass is 9.93. The summed E-state index contributed by atoms with van der Waals surface area (Å²) < 4.78 is 0. The van der Waals surface area contributed by atoms with Gasteiger partial charge in [-0.1, -0.05) is 37.3 Å². The molecular formula is C17H25N3O2. The zero-order valence-corrected chi connectivity index (χ0v) is 13.1. The van der Waals surface area contributed by atoms with Gasteiger partial charge < -0.3 is 16.0 Å². The van der Waals surface area contributed by atoms with E-state index >= 15 is 0 Å². The van der Waals surface area contributed by atoms with E-state index in [-0.39, 0.29) is 30.3 Å². The SMILES string of the molecule is CCC(C(=O)N1CCC(NC(=O)CN)CC1)c1ccccc1. The third kappa shape index (κ3) is 4.07. The zero-order valence-electron chi connectivity index (χ0n) is 13.1. The maximum Gasteiger partial charge on any atom is 0.233 e. The Morgan fingerprint density at radius 2 is 1.91 bits per heavy atom. The number of hydrogen-bond donors (Lipinski definition) is 2. The minimum absolute atomic E-state index is 0.0189. The largest absolute Gasteiger partial charge is 0.352 e. The topological polar surface area (TPSA) is 75.4 Å². The minimum Gasteiger partial charge on any atom is -0.352 e. The molecule has 1 heterocycles. The third-order valence-electron chi connectivity index (χ3n) is 4.27. The second-order valence-electron chi connectivity index (χ2n) is 5.74. The summed E-state index contributed by atoms with van der Waals surface area (Å²) in [5, 5.41) is 2.90. The number of rotatable bonds is 5. The Morgan fingerprint density at radius 3 is 2.45 bits per heavy atom. The van der Waals surface area contributed by atoms with Crippen molar-refractivity contribution >= 4 is 11.8 Å². The summed E-state index contributed by atoms with van der Waals surface area (Å²) in [5.41, 5.74) is 6.39. The first-order chi connectivity index (χ1) is 10.7. The first-order valence-corrected chi connectivity index (χ1v) is 7.98. The van der Waals surface area contributed by atoms with E-state index in [1.54, 1.807) is 0 Å². The molecule has 0 saturated carbocycles. The number of carbonyl (C=O) groups excluding carboxylic acids is 2. The predicted octanol–water partition coefficient (Wildman–Crippen LogP) is 1.25. The monoisotopic (exact) mass is 303 g/mol. The maximum absolute atomic E-state index is 12.7. The second-order valence-corrected chi connectivity index (χ2v) is 5.74. The fraction of sp³-hybridized carbons (Fsp3) is 0.529. The lowest BCUT2D eigenvalue weighted by molar-refractivity contribution is -0.134. The van der Waals surface area contributed by atoms with Gasteiger partial charge in [-0.25, -0.2) is 0 Å². The van der Waals surface area contributed by atoms with Gasteiger partial charge in [-0.15, -0.1) is 0 Å². The van der Waals surface area contributed by atoms with E-state index in [9.17, 15) is 9.59 Å². The van der Waals surface area contributed by atoms with Gasteiger partial charge >= 0.3 is 0 Å². The van der Waals surface area contributed by atoms with Gasteiger partial charge in [0.2, 0.25) is 11.8 Å². The fourth-order valence-corrected chi connectivity index (χ4v) is 2.99. The van der Waals surface area contributed by atoms with Crippen molar-refractivity contribution in [3.05, 3.63) is 35.9 Å². The van der Waals surface area contributed by atoms with Gasteiger partial charge in [0.25, 0.3) is 0 Å². The van der Waals surface area contributed by atoms with Crippen LogP contribution in [-0.2, 0) is 9.59 Å². The molecule has 1 atom stereocenters. The van der Waals surface area contributed by atoms with E-state index in [1.165, 1.54) is 0 Å². The number of nitrogens with one attached hydrogen (secondary N) is 1. The van der Waals surface area contributed by atoms with Crippen molar-refractivity contribution in [3.63, 3.8) is 0 Å². The number of benzene rings is 1. The summed E-state index contributed by atoms with van der Waals surface area (Å²) >= 11 is 0. The average molecular weight is 303 g/mol. The normalized spacial score (nSPS) is 17.1. The van der Waals surface area contributed by atoms with Crippen LogP contribution in [0.1, 0.15) is 37.7 Å². The minimum atomic E-state index is -0.125. The number of likely N-dealkylation sites (tertiary alicyclic amines) is 1. The molecule has 1 aliphatic heterocycles. The van der Waals surface area contributed by atoms with Crippen LogP contribution in [0, 0.1) is 0 Å². The number of nitrogens with two attached hydrogens (primary N) is 1. The van der Waals surface area contributed by atoms with Crippen LogP contribution >= 0.6 is 0 Å². The molecule has 22 heavy (non-hydrogen) atoms. The van der Waals surface area contributed by atoms with Gasteiger partial charge in [-0.05, 0) is 24.8 Å². The van der Waals surface area contributed by atoms with Gasteiger partial charge in [0.1, 0.15) is 0 Å². The molecule has 2 rings (SSSR count). The average Bonchev–Trinajstić information content (AvgIpc) is 2.57. The Morgan fingerprint density at radius 1 is 1.27 bits per heavy atom. The highest BCUT2D eigenvalue weighted by molar-refractivity contribution is 5.84. The van der Waals surface area contributed by atoms with Crippen molar-refractivity contribution < 1.29 is 9.59 Å². The van der Waals surface area contributed by atoms with Crippen LogP contribution < -0.4 is 11.1 Å². The van der Waals surface area contributed by atoms with Crippen molar-refractivity contribution in [2.24, 2.45) is 5.73 Å². The van der Waals surface area contributed by atoms with Crippen LogP contribution in [0.5, 0.6) is 0 Å². The number of amides is 2. The van der Waals surface area contributed by atoms with Crippen LogP contribution in [0.15, 0.2) is 30.3 Å². The van der Waals surface area contributed by atoms with Crippen molar-refractivity contribution in [2.75, 3.05) is 19.6 Å². The molecular weight excluding hydrogens is 278 g/mol. The van der Waals surface area contributed by atoms with Crippen LogP contribution in [0.2, 0.25) is 0 Å². The molecule has 0 bridgehead atoms. The Labute approximate surface area is 131 Å². The summed E-state index contributed by atoms with van der Waals surface area (Å²) in [6.07, 6.45) is 2.39. The Balaban J connectivity index is 1.92. The van der Waals surface area contributed by atoms with Crippen molar-refractivity contribution in [1.82, 2.24) is 10.2 Å². The van der Waals surface area contributed by atoms with Crippen molar-refractivity contribution in [1.29, 1.82) is 0 Å². The Hall–Kier alpha value is -1.88. The molecule has 0 aromatic heterocycles. The predicted molar refractivity (Wildman–Crippen MR) is 86.3 cm³/mol. The summed E-state index contributed by atoms with van der Waals surface area (Å²) in [7, 11) is 0. The highest BCUT2D eigenvalue weighted by atomic mass is 16.2. The van der Waals surface area contributed by atoms with Gasteiger partial charge in [0, 0.05) is 19.1 Å². The molecule has 1 aromatic carbocycles. The molecule has 1 fully saturated rings. The first-order valence-electron chi connectivity index (χ1n) is 7.98. The van der Waals surface area contributed by atoms with E-state index in [1.807, 2.05) is 42.2 Å². The third-order valence-corrected chi connectivity index (χ3v) is 4.27. The van der Waals surface area contributed by atoms with E-state index in [0.717, 1.165) is 24.8 Å². The summed E-state index contributed by atoms with van der Waals surface area (Å²) in [6.45, 7) is 3.45. The van der Waals surface area contributed by atoms with Crippen LogP contribution in [-0.4, -0.2) is 42.4 Å². The van der Waals surface area contributed by atoms with E-state index in [2.05, 4.69) is 5.32 Å². The van der Waals surface area contributed by atoms with E-state index < -0.39 is 0 Å². The summed E-state index contributed by atoms with van der Waals surface area (Å²) in [4.78, 5) is 26.0. The van der Waals surface area contributed by atoms with Crippen LogP contribution in [0.4, 0.5) is 0 Å². The lowest BCUT2D eigenvalue weighted by Crippen LogP contribution is -2.48. The lowest BCUT2D eigenvalue weighted by Gasteiger charge is -2.34. The van der Waals surface area contributed by atoms with Gasteiger partial charge in [0.05, 0.1) is 12.5 Å². The smallest absolute Gasteiger partial charge is 0.233 e. The Kier molecular flexibility index (Phi) is 5.95. The quantitative estimate of drug-likeness (QED) is 0.859. The summed E-state index contributed by atoms with van der Waals surface area (Å²) in [5.74, 6) is -0.00539. The summed E-state index contributed by atoms with van der Waals surface area (Å²) in [6, 6.07) is 10.1. The number of hydrogen-bond acceptors (Lipinski definition) is 3. The zero-order chi connectivity index (χ0) is 15.9. The molecule has 1 aliphatic rings. The fourth-order valence-electron chi connectivity index (χ4n) is 2.99. The first kappa shape index (κ1) is 16.5. The molecule has 2 amide bonds. The highest BCUT2D eigenvalue weighted by Gasteiger charge is 2.28. The molecule has 0 radical (unpaired) electrons. The molecule has 5 heteroatoms. The molecule has 5 nitrogen and oxygen atoms in total. The van der Waals surface area contributed by atoms with Gasteiger partial charge in [-0.3, -0.25) is 9.59 Å². The van der Waals surface area contributed by atoms with Gasteiger partial charge in [0.15, 0.2) is 0 Å². The molecule has 1 unspecified atom stereocenters. The van der Waals surface area contributed by atoms with Crippen molar-refractivity contribution in [3.8, 4) is 0 Å². The van der Waals surface area contributed by atoms with Crippen molar-refractivity contribution in [2.45, 2.75) is 38.1 Å². The molecule has 0 spiro atoms. The van der Waals surface area contributed by atoms with E-state index in [0.29, 0.717) is 13.1 Å². The molecule has 120 valence electrons. The second kappa shape index (κ2) is 7.94. The molecule has 0 aliphatic carbocycles. The standard InChI is InChI=1S/C17H25N3O2/c1-2-15(13-6-4-3-5-7-13)17(22)20-10-8-14(9-11-20)19-16(21)12-18/h3-7,14-15H,2,8-12,18H2,1H3,(H,19,21). The van der Waals surface area contributed by atoms with Crippen LogP contribution in [0.25, 0.3) is 0 Å². The molecule has 3 N–H and O–H groups in total. The molecule has 1 aromatic rings. The highest BCUT2D eigenvalue weighted by Crippen LogP contribution is 2.24. The molecule has 1 saturated heterocycles. The van der Waals surface area contributed by atoms with E-state index in [4.69, 9.17) is 5.73 Å². The maximum atomic E-state index is 12.7. The van der Waals surface area contributed by atoms with Gasteiger partial charge in [-0.2, -0.15) is 0 Å².